The Balaban J connectivity index is 1.60. The van der Waals surface area contributed by atoms with Crippen LogP contribution in [0.1, 0.15) is 51.7 Å². The van der Waals surface area contributed by atoms with Crippen molar-refractivity contribution in [3.8, 4) is 11.4 Å². The van der Waals surface area contributed by atoms with Gasteiger partial charge >= 0.3 is 0 Å². The van der Waals surface area contributed by atoms with Crippen molar-refractivity contribution in [1.82, 2.24) is 9.78 Å². The van der Waals surface area contributed by atoms with Crippen molar-refractivity contribution in [1.29, 1.82) is 0 Å². The highest BCUT2D eigenvalue weighted by Crippen LogP contribution is 2.30. The standard InChI is InChI=1S/C28H27FN4O3/c1-17(2)26-23(16-30-33(26)22-11-8-18(3)9-12-22)28(35)31-21-10-13-25(36-4)24(15-21)32-27(34)19-6-5-7-20(29)14-19/h5-17H,1-4H3,(H,31,35)(H,32,34). The third-order valence-electron chi connectivity index (χ3n) is 5.67. The Morgan fingerprint density at radius 2 is 1.72 bits per heavy atom. The number of carbonyl (C=O) groups excluding carboxylic acids is 2. The SMILES string of the molecule is COc1ccc(NC(=O)c2cnn(-c3ccc(C)cc3)c2C(C)C)cc1NC(=O)c1cccc(F)c1. The molecule has 0 aliphatic carbocycles. The van der Waals surface area contributed by atoms with E-state index in [0.717, 1.165) is 23.0 Å². The van der Waals surface area contributed by atoms with Gasteiger partial charge < -0.3 is 15.4 Å². The number of ether oxygens (including phenoxy) is 1. The number of hydrogen-bond acceptors (Lipinski definition) is 4. The number of rotatable bonds is 7. The summed E-state index contributed by atoms with van der Waals surface area (Å²) in [6.45, 7) is 6.02. The average Bonchev–Trinajstić information content (AvgIpc) is 3.30. The topological polar surface area (TPSA) is 85.2 Å². The summed E-state index contributed by atoms with van der Waals surface area (Å²) in [5.41, 5.74) is 4.19. The second-order valence-electron chi connectivity index (χ2n) is 8.68. The zero-order valence-electron chi connectivity index (χ0n) is 20.5. The zero-order chi connectivity index (χ0) is 25.8. The van der Waals surface area contributed by atoms with E-state index in [0.29, 0.717) is 22.7 Å². The fraction of sp³-hybridized carbons (Fsp3) is 0.179. The predicted octanol–water partition coefficient (Wildman–Crippen LogP) is 5.96. The van der Waals surface area contributed by atoms with Gasteiger partial charge in [0.2, 0.25) is 0 Å². The summed E-state index contributed by atoms with van der Waals surface area (Å²) in [5, 5.41) is 10.1. The lowest BCUT2D eigenvalue weighted by molar-refractivity contribution is 0.101. The molecule has 3 aromatic carbocycles. The van der Waals surface area contributed by atoms with Crippen LogP contribution >= 0.6 is 0 Å². The van der Waals surface area contributed by atoms with E-state index in [9.17, 15) is 14.0 Å². The Morgan fingerprint density at radius 3 is 2.39 bits per heavy atom. The smallest absolute Gasteiger partial charge is 0.259 e. The van der Waals surface area contributed by atoms with Gasteiger partial charge in [0.15, 0.2) is 0 Å². The summed E-state index contributed by atoms with van der Waals surface area (Å²) < 4.78 is 20.7. The molecule has 184 valence electrons. The molecule has 0 spiro atoms. The molecule has 4 aromatic rings. The molecule has 0 atom stereocenters. The van der Waals surface area contributed by atoms with Crippen molar-refractivity contribution in [3.05, 3.63) is 101 Å². The van der Waals surface area contributed by atoms with Crippen LogP contribution in [-0.2, 0) is 0 Å². The van der Waals surface area contributed by atoms with E-state index in [1.54, 1.807) is 29.1 Å². The largest absolute Gasteiger partial charge is 0.495 e. The number of halogens is 1. The number of nitrogens with one attached hydrogen (secondary N) is 2. The number of methoxy groups -OCH3 is 1. The first-order valence-electron chi connectivity index (χ1n) is 11.5. The minimum atomic E-state index is -0.511. The molecule has 0 bridgehead atoms. The lowest BCUT2D eigenvalue weighted by Gasteiger charge is -2.15. The monoisotopic (exact) mass is 486 g/mol. The third kappa shape index (κ3) is 5.27. The normalized spacial score (nSPS) is 10.8. The van der Waals surface area contributed by atoms with Crippen LogP contribution in [-0.4, -0.2) is 28.7 Å². The van der Waals surface area contributed by atoms with Crippen molar-refractivity contribution in [2.24, 2.45) is 0 Å². The van der Waals surface area contributed by atoms with E-state index in [1.807, 2.05) is 45.0 Å². The van der Waals surface area contributed by atoms with Gasteiger partial charge in [0.1, 0.15) is 11.6 Å². The van der Waals surface area contributed by atoms with Gasteiger partial charge in [-0.3, -0.25) is 9.59 Å². The minimum Gasteiger partial charge on any atom is -0.495 e. The highest BCUT2D eigenvalue weighted by molar-refractivity contribution is 6.07. The van der Waals surface area contributed by atoms with E-state index in [4.69, 9.17) is 4.74 Å². The van der Waals surface area contributed by atoms with Gasteiger partial charge in [-0.25, -0.2) is 9.07 Å². The first-order valence-corrected chi connectivity index (χ1v) is 11.5. The number of aromatic nitrogens is 2. The molecule has 0 saturated carbocycles. The summed E-state index contributed by atoms with van der Waals surface area (Å²) in [4.78, 5) is 25.9. The first kappa shape index (κ1) is 24.7. The highest BCUT2D eigenvalue weighted by Gasteiger charge is 2.21. The van der Waals surface area contributed by atoms with Gasteiger partial charge in [-0.1, -0.05) is 37.6 Å². The molecule has 8 heteroatoms. The van der Waals surface area contributed by atoms with Gasteiger partial charge in [-0.2, -0.15) is 5.10 Å². The number of aryl methyl sites for hydroxylation is 1. The quantitative estimate of drug-likeness (QED) is 0.338. The van der Waals surface area contributed by atoms with Crippen LogP contribution in [0, 0.1) is 12.7 Å². The molecule has 0 aliphatic rings. The molecule has 0 radical (unpaired) electrons. The second kappa shape index (κ2) is 10.4. The maximum atomic E-state index is 13.5. The Labute approximate surface area is 208 Å². The molecule has 2 N–H and O–H groups in total. The number of amides is 2. The summed E-state index contributed by atoms with van der Waals surface area (Å²) >= 11 is 0. The summed E-state index contributed by atoms with van der Waals surface area (Å²) in [5.74, 6) is -0.913. The second-order valence-corrected chi connectivity index (χ2v) is 8.68. The zero-order valence-corrected chi connectivity index (χ0v) is 20.5. The molecule has 0 saturated heterocycles. The molecule has 0 fully saturated rings. The molecular weight excluding hydrogens is 459 g/mol. The first-order chi connectivity index (χ1) is 17.3. The maximum Gasteiger partial charge on any atom is 0.259 e. The van der Waals surface area contributed by atoms with Crippen molar-refractivity contribution in [2.45, 2.75) is 26.7 Å². The maximum absolute atomic E-state index is 13.5. The van der Waals surface area contributed by atoms with Crippen LogP contribution in [0.5, 0.6) is 5.75 Å². The fourth-order valence-corrected chi connectivity index (χ4v) is 3.89. The van der Waals surface area contributed by atoms with Crippen LogP contribution in [0.15, 0.2) is 72.9 Å². The van der Waals surface area contributed by atoms with E-state index >= 15 is 0 Å². The van der Waals surface area contributed by atoms with Crippen molar-refractivity contribution < 1.29 is 18.7 Å². The molecule has 2 amide bonds. The summed E-state index contributed by atoms with van der Waals surface area (Å²) in [7, 11) is 1.47. The van der Waals surface area contributed by atoms with Crippen molar-refractivity contribution in [2.75, 3.05) is 17.7 Å². The number of anilines is 2. The average molecular weight is 487 g/mol. The Kier molecular flexibility index (Phi) is 7.15. The number of benzene rings is 3. The van der Waals surface area contributed by atoms with Crippen molar-refractivity contribution >= 4 is 23.2 Å². The van der Waals surface area contributed by atoms with E-state index in [-0.39, 0.29) is 17.4 Å². The van der Waals surface area contributed by atoms with Gasteiger partial charge in [-0.15, -0.1) is 0 Å². The lowest BCUT2D eigenvalue weighted by Crippen LogP contribution is -2.16. The highest BCUT2D eigenvalue weighted by atomic mass is 19.1. The third-order valence-corrected chi connectivity index (χ3v) is 5.67. The lowest BCUT2D eigenvalue weighted by atomic mass is 10.0. The molecule has 0 aliphatic heterocycles. The predicted molar refractivity (Wildman–Crippen MR) is 138 cm³/mol. The van der Waals surface area contributed by atoms with Gasteiger partial charge in [0.05, 0.1) is 35.9 Å². The Bertz CT molecular complexity index is 1410. The number of hydrogen-bond donors (Lipinski definition) is 2. The molecule has 1 aromatic heterocycles. The Hall–Kier alpha value is -4.46. The van der Waals surface area contributed by atoms with Gasteiger partial charge in [0, 0.05) is 11.3 Å². The van der Waals surface area contributed by atoms with Gasteiger partial charge in [0.25, 0.3) is 11.8 Å². The molecule has 4 rings (SSSR count). The van der Waals surface area contributed by atoms with Crippen molar-refractivity contribution in [3.63, 3.8) is 0 Å². The molecular formula is C28H27FN4O3. The van der Waals surface area contributed by atoms with Crippen LogP contribution in [0.2, 0.25) is 0 Å². The van der Waals surface area contributed by atoms with E-state index in [2.05, 4.69) is 15.7 Å². The van der Waals surface area contributed by atoms with Crippen LogP contribution in [0.4, 0.5) is 15.8 Å². The van der Waals surface area contributed by atoms with E-state index in [1.165, 1.54) is 25.3 Å². The van der Waals surface area contributed by atoms with Gasteiger partial charge in [-0.05, 0) is 61.4 Å². The Morgan fingerprint density at radius 1 is 0.972 bits per heavy atom. The molecule has 36 heavy (non-hydrogen) atoms. The van der Waals surface area contributed by atoms with Crippen LogP contribution < -0.4 is 15.4 Å². The van der Waals surface area contributed by atoms with Crippen LogP contribution in [0.25, 0.3) is 5.69 Å². The fourth-order valence-electron chi connectivity index (χ4n) is 3.89. The molecule has 0 unspecified atom stereocenters. The summed E-state index contributed by atoms with van der Waals surface area (Å²) in [6, 6.07) is 18.2. The molecule has 1 heterocycles. The van der Waals surface area contributed by atoms with E-state index < -0.39 is 11.7 Å². The number of nitrogens with zero attached hydrogens (tertiary/aromatic N) is 2. The number of carbonyl (C=O) groups is 2. The van der Waals surface area contributed by atoms with Crippen LogP contribution in [0.3, 0.4) is 0 Å². The minimum absolute atomic E-state index is 0.0338. The summed E-state index contributed by atoms with van der Waals surface area (Å²) in [6.07, 6.45) is 1.56. The molecule has 7 nitrogen and oxygen atoms in total.